The fourth-order valence-corrected chi connectivity index (χ4v) is 9.05. The van der Waals surface area contributed by atoms with Crippen molar-refractivity contribution in [3.05, 3.63) is 60.8 Å². The van der Waals surface area contributed by atoms with Gasteiger partial charge in [-0.05, 0) is 126 Å². The summed E-state index contributed by atoms with van der Waals surface area (Å²) in [7, 11) is -2.21. The number of hydrogen-bond donors (Lipinski definition) is 7. The highest BCUT2D eigenvalue weighted by Gasteiger charge is 2.75. The molecule has 0 spiro atoms. The van der Waals surface area contributed by atoms with E-state index in [-0.39, 0.29) is 55.1 Å². The third-order valence-corrected chi connectivity index (χ3v) is 15.3. The highest BCUT2D eigenvalue weighted by molar-refractivity contribution is 7.97. The molecule has 0 heterocycles. The Hall–Kier alpha value is -5.47. The van der Waals surface area contributed by atoms with Crippen LogP contribution >= 0.6 is 0 Å². The van der Waals surface area contributed by atoms with E-state index in [1.165, 1.54) is 40.9 Å². The molecule has 576 valence electrons. The predicted octanol–water partition coefficient (Wildman–Crippen LogP) is 12.0. The Kier molecular flexibility index (Phi) is 38.3. The Bertz CT molecular complexity index is 2740. The first-order valence-electron chi connectivity index (χ1n) is 28.8. The monoisotopic (exact) mass is 1490 g/mol. The van der Waals surface area contributed by atoms with Crippen molar-refractivity contribution in [3.8, 4) is 0 Å². The summed E-state index contributed by atoms with van der Waals surface area (Å²) >= 11 is 0. The van der Waals surface area contributed by atoms with E-state index in [2.05, 4.69) is 48.2 Å². The SMILES string of the molecule is C.C=C(C)C(=O)OC(C)CC(C)(O)C(F)(F)F.C=C(C)C(=O)OC(CC(C)C)CC(C)(O)C(F)(F)F.C=C(C)C(=O)OC1CC(C(C)(O)C(F)(F)F)CC(C(C)(O)C(F)(F)F)C1.C=C(C)C(=O)OC1CCC(O)C(C(O)(C(F)(F)F)C(F)(F)F)C1.C=C(C)C(=O)OCCNS(=C)(C)=O. The summed E-state index contributed by atoms with van der Waals surface area (Å²) in [6, 6.07) is 0. The van der Waals surface area contributed by atoms with Gasteiger partial charge in [0.1, 0.15) is 31.0 Å². The second kappa shape index (κ2) is 38.0. The van der Waals surface area contributed by atoms with Crippen LogP contribution in [0.3, 0.4) is 0 Å². The first kappa shape index (κ1) is 98.9. The molecule has 0 aromatic rings. The molecule has 0 bridgehead atoms. The molecule has 0 aromatic heterocycles. The van der Waals surface area contributed by atoms with Gasteiger partial charge in [-0.15, -0.1) is 0 Å². The molecule has 0 amide bonds. The fourth-order valence-electron chi connectivity index (χ4n) is 8.54. The Morgan fingerprint density at radius 2 is 0.857 bits per heavy atom. The predicted molar refractivity (Wildman–Crippen MR) is 323 cm³/mol. The van der Waals surface area contributed by atoms with Gasteiger partial charge in [-0.2, -0.15) is 79.0 Å². The summed E-state index contributed by atoms with van der Waals surface area (Å²) in [6.07, 6.45) is -41.5. The quantitative estimate of drug-likeness (QED) is 0.0132. The summed E-state index contributed by atoms with van der Waals surface area (Å²) < 4.78 is 268. The lowest BCUT2D eigenvalue weighted by molar-refractivity contribution is -0.394. The van der Waals surface area contributed by atoms with E-state index in [1.54, 1.807) is 20.8 Å². The summed E-state index contributed by atoms with van der Waals surface area (Å²) in [4.78, 5) is 56.2. The van der Waals surface area contributed by atoms with Gasteiger partial charge in [-0.1, -0.05) is 54.2 Å². The van der Waals surface area contributed by atoms with Crippen molar-refractivity contribution in [1.29, 1.82) is 0 Å². The van der Waals surface area contributed by atoms with Crippen molar-refractivity contribution >= 4 is 45.4 Å². The van der Waals surface area contributed by atoms with Gasteiger partial charge in [-0.25, -0.2) is 28.7 Å². The van der Waals surface area contributed by atoms with Gasteiger partial charge in [0.15, 0.2) is 22.4 Å². The van der Waals surface area contributed by atoms with E-state index >= 15 is 0 Å². The molecule has 0 radical (unpaired) electrons. The maximum Gasteiger partial charge on any atom is 0.426 e. The van der Waals surface area contributed by atoms with Crippen molar-refractivity contribution in [2.45, 2.75) is 244 Å². The van der Waals surface area contributed by atoms with Crippen molar-refractivity contribution in [2.75, 3.05) is 19.4 Å². The molecule has 98 heavy (non-hydrogen) atoms. The van der Waals surface area contributed by atoms with E-state index in [1.807, 2.05) is 0 Å². The van der Waals surface area contributed by atoms with Crippen molar-refractivity contribution < 1.29 is 162 Å². The lowest BCUT2D eigenvalue weighted by Crippen LogP contribution is -2.65. The van der Waals surface area contributed by atoms with Gasteiger partial charge in [0.25, 0.3) is 5.60 Å². The zero-order valence-electron chi connectivity index (χ0n) is 55.6. The van der Waals surface area contributed by atoms with Crippen LogP contribution in [0, 0.1) is 23.7 Å². The number of nitrogens with one attached hydrogen (secondary N) is 1. The van der Waals surface area contributed by atoms with Crippen LogP contribution in [0.2, 0.25) is 0 Å². The van der Waals surface area contributed by atoms with E-state index in [0.29, 0.717) is 39.8 Å². The largest absolute Gasteiger partial charge is 0.461 e. The van der Waals surface area contributed by atoms with Gasteiger partial charge in [0.2, 0.25) is 0 Å². The van der Waals surface area contributed by atoms with Gasteiger partial charge in [0, 0.05) is 81.0 Å². The highest BCUT2D eigenvalue weighted by atomic mass is 32.2. The number of hydrogen-bond acceptors (Lipinski definition) is 17. The third-order valence-electron chi connectivity index (χ3n) is 14.4. The van der Waals surface area contributed by atoms with Crippen LogP contribution in [-0.4, -0.2) is 186 Å². The summed E-state index contributed by atoms with van der Waals surface area (Å²) in [5.41, 5.74) is -17.0. The fraction of sp³-hybridized carbons (Fsp3) is 0.738. The van der Waals surface area contributed by atoms with E-state index < -0.39 is 198 Å². The lowest BCUT2D eigenvalue weighted by atomic mass is 9.67. The van der Waals surface area contributed by atoms with Gasteiger partial charge in [0.05, 0.1) is 6.10 Å². The normalized spacial score (nSPS) is 22.1. The van der Waals surface area contributed by atoms with E-state index in [4.69, 9.17) is 24.1 Å². The first-order valence-corrected chi connectivity index (χ1v) is 31.0. The van der Waals surface area contributed by atoms with Gasteiger partial charge >= 0.3 is 66.9 Å². The van der Waals surface area contributed by atoms with Crippen molar-refractivity contribution in [2.24, 2.45) is 23.7 Å². The van der Waals surface area contributed by atoms with Gasteiger partial charge < -0.3 is 54.3 Å². The number of rotatable bonds is 22. The standard InChI is InChI=1S/C16H22F6O4.C13H16F6O4.C13H21F3O3.C10H15F3O3.C8H15NO3S.CH4/c1-8(2)12(23)26-11-6-9(13(3,24)15(17,18)19)5-10(7-11)14(4,25)16(20,21)22;1-6(2)10(21)23-7-3-4-9(20)8(5-7)11(22,12(14,15)16)13(17,18)19;1-8(2)6-10(19-11(17)9(3)4)7-12(5,18)13(14,15)16;1-6(2)8(14)16-7(3)5-9(4,15)10(11,12)13;1-7(2)8(10)12-6-5-9-13(3,4)11;/h9-11,24-25H,1,5-7H2,2-4H3;7-9,20,22H,1,3-5H2,2H3;8,10,18H,3,6-7H2,1-2,4-5H3;7,15H,1,5H2,2-4H3;1,3,5-6H2,2,4H3,(H,9,11);1H4. The average molecular weight is 1490 g/mol. The molecule has 2 aliphatic carbocycles. The molecular weight excluding hydrogens is 1390 g/mol. The van der Waals surface area contributed by atoms with Crippen molar-refractivity contribution in [3.63, 3.8) is 0 Å². The Morgan fingerprint density at radius 1 is 0.510 bits per heavy atom. The molecule has 0 saturated heterocycles. The maximum atomic E-state index is 13.1. The zero-order chi connectivity index (χ0) is 78.0. The molecule has 0 aliphatic heterocycles. The van der Waals surface area contributed by atoms with Crippen LogP contribution in [0.15, 0.2) is 60.8 Å². The van der Waals surface area contributed by atoms with Crippen LogP contribution in [0.5, 0.6) is 0 Å². The van der Waals surface area contributed by atoms with Crippen LogP contribution in [-0.2, 0) is 57.4 Å². The van der Waals surface area contributed by atoms with E-state index in [9.17, 15) is 133 Å². The minimum absolute atomic E-state index is 0. The van der Waals surface area contributed by atoms with Crippen molar-refractivity contribution in [1.82, 2.24) is 4.72 Å². The molecule has 2 fully saturated rings. The molecule has 18 nitrogen and oxygen atoms in total. The number of alkyl halides is 18. The average Bonchev–Trinajstić information content (AvgIpc) is 0.748. The minimum Gasteiger partial charge on any atom is -0.461 e. The molecule has 7 N–H and O–H groups in total. The maximum absolute atomic E-state index is 13.1. The Morgan fingerprint density at radius 3 is 1.17 bits per heavy atom. The molecule has 37 heteroatoms. The third kappa shape index (κ3) is 32.5. The minimum atomic E-state index is -6.04. The number of halogens is 18. The number of esters is 5. The van der Waals surface area contributed by atoms with Crippen LogP contribution in [0.1, 0.15) is 148 Å². The second-order valence-corrected chi connectivity index (χ2v) is 27.3. The summed E-state index contributed by atoms with van der Waals surface area (Å²) in [5, 5.41) is 57.3. The lowest BCUT2D eigenvalue weighted by Gasteiger charge is -2.46. The van der Waals surface area contributed by atoms with Crippen LogP contribution in [0.25, 0.3) is 0 Å². The molecule has 2 saturated carbocycles. The van der Waals surface area contributed by atoms with Crippen LogP contribution < -0.4 is 4.72 Å². The van der Waals surface area contributed by atoms with Gasteiger partial charge in [-0.3, -0.25) is 4.21 Å². The topological polar surface area (TPSA) is 282 Å². The molecule has 12 unspecified atom stereocenters. The second-order valence-electron chi connectivity index (χ2n) is 25.0. The number of aliphatic hydroxyl groups excluding tert-OH is 1. The Balaban J connectivity index is -0.000000573. The summed E-state index contributed by atoms with van der Waals surface area (Å²) in [6.45, 7) is 31.1. The Labute approximate surface area is 558 Å². The highest BCUT2D eigenvalue weighted by Crippen LogP contribution is 2.53. The number of aliphatic hydroxyl groups is 6. The first-order chi connectivity index (χ1) is 42.8. The molecule has 12 atom stereocenters. The molecule has 2 rings (SSSR count). The zero-order valence-corrected chi connectivity index (χ0v) is 56.4. The molecule has 0 aromatic carbocycles. The van der Waals surface area contributed by atoms with Crippen LogP contribution in [0.4, 0.5) is 79.0 Å². The number of carbonyl (C=O) groups excluding carboxylic acids is 5. The van der Waals surface area contributed by atoms with E-state index in [0.717, 1.165) is 0 Å². The molecule has 2 aliphatic rings. The smallest absolute Gasteiger partial charge is 0.426 e. The number of carbonyl (C=O) groups is 5. The number of ether oxygens (including phenoxy) is 5. The summed E-state index contributed by atoms with van der Waals surface area (Å²) in [5.74, 6) is -6.46. The molecular formula is C61H93F18NO17S.